The molecule has 4 nitrogen and oxygen atoms in total. The molecular weight excluding hydrogens is 202 g/mol. The van der Waals surface area contributed by atoms with E-state index < -0.39 is 0 Å². The number of imidazole rings is 1. The van der Waals surface area contributed by atoms with Gasteiger partial charge in [-0.2, -0.15) is 0 Å². The zero-order valence-corrected chi connectivity index (χ0v) is 9.68. The third-order valence-electron chi connectivity index (χ3n) is 2.30. The maximum atomic E-state index is 5.70. The summed E-state index contributed by atoms with van der Waals surface area (Å²) in [6, 6.07) is 4.50. The zero-order chi connectivity index (χ0) is 11.4. The lowest BCUT2D eigenvalue weighted by Gasteiger charge is -2.05. The predicted molar refractivity (Wildman–Crippen MR) is 62.0 cm³/mol. The first-order valence-corrected chi connectivity index (χ1v) is 5.51. The summed E-state index contributed by atoms with van der Waals surface area (Å²) < 4.78 is 7.68. The third kappa shape index (κ3) is 2.97. The summed E-state index contributed by atoms with van der Waals surface area (Å²) in [4.78, 5) is 3.99. The molecule has 16 heavy (non-hydrogen) atoms. The molecule has 2 aromatic heterocycles. The molecule has 0 saturated carbocycles. The standard InChI is InChI=1S/C12H17N3O/c1-10(2)14-7-11-3-4-12(16-11)8-15-6-5-13-9-15/h3-6,9-10,14H,7-8H2,1-2H3. The SMILES string of the molecule is CC(C)NCc1ccc(Cn2ccnc2)o1. The Bertz CT molecular complexity index is 417. The summed E-state index contributed by atoms with van der Waals surface area (Å²) in [5, 5.41) is 3.32. The van der Waals surface area contributed by atoms with Gasteiger partial charge < -0.3 is 14.3 Å². The van der Waals surface area contributed by atoms with Crippen LogP contribution in [0.2, 0.25) is 0 Å². The van der Waals surface area contributed by atoms with Gasteiger partial charge in [0.2, 0.25) is 0 Å². The smallest absolute Gasteiger partial charge is 0.123 e. The summed E-state index contributed by atoms with van der Waals surface area (Å²) in [6.45, 7) is 5.76. The van der Waals surface area contributed by atoms with Crippen LogP contribution in [0.3, 0.4) is 0 Å². The van der Waals surface area contributed by atoms with E-state index in [9.17, 15) is 0 Å². The van der Waals surface area contributed by atoms with Gasteiger partial charge in [0, 0.05) is 18.4 Å². The second-order valence-corrected chi connectivity index (χ2v) is 4.14. The van der Waals surface area contributed by atoms with Crippen LogP contribution in [0.15, 0.2) is 35.3 Å². The van der Waals surface area contributed by atoms with Crippen molar-refractivity contribution < 1.29 is 4.42 Å². The van der Waals surface area contributed by atoms with Crippen molar-refractivity contribution in [3.8, 4) is 0 Å². The van der Waals surface area contributed by atoms with Crippen molar-refractivity contribution in [2.45, 2.75) is 33.0 Å². The molecular formula is C12H17N3O. The first-order valence-electron chi connectivity index (χ1n) is 5.51. The van der Waals surface area contributed by atoms with Crippen molar-refractivity contribution in [3.05, 3.63) is 42.4 Å². The molecule has 0 aliphatic carbocycles. The third-order valence-corrected chi connectivity index (χ3v) is 2.30. The molecule has 0 amide bonds. The lowest BCUT2D eigenvalue weighted by molar-refractivity contribution is 0.427. The van der Waals surface area contributed by atoms with Gasteiger partial charge in [-0.1, -0.05) is 13.8 Å². The van der Waals surface area contributed by atoms with E-state index >= 15 is 0 Å². The summed E-state index contributed by atoms with van der Waals surface area (Å²) in [5.41, 5.74) is 0. The number of hydrogen-bond acceptors (Lipinski definition) is 3. The van der Waals surface area contributed by atoms with Crippen molar-refractivity contribution in [1.29, 1.82) is 0 Å². The number of hydrogen-bond donors (Lipinski definition) is 1. The molecule has 1 N–H and O–H groups in total. The molecule has 0 aromatic carbocycles. The van der Waals surface area contributed by atoms with Crippen LogP contribution in [0.1, 0.15) is 25.4 Å². The summed E-state index contributed by atoms with van der Waals surface area (Å²) in [6.07, 6.45) is 5.48. The number of nitrogens with zero attached hydrogens (tertiary/aromatic N) is 2. The summed E-state index contributed by atoms with van der Waals surface area (Å²) in [7, 11) is 0. The highest BCUT2D eigenvalue weighted by molar-refractivity contribution is 5.07. The van der Waals surface area contributed by atoms with E-state index in [0.717, 1.165) is 24.6 Å². The first-order chi connectivity index (χ1) is 7.74. The zero-order valence-electron chi connectivity index (χ0n) is 9.68. The lowest BCUT2D eigenvalue weighted by atomic mass is 10.3. The average molecular weight is 219 g/mol. The molecule has 0 spiro atoms. The van der Waals surface area contributed by atoms with Crippen molar-refractivity contribution in [1.82, 2.24) is 14.9 Å². The highest BCUT2D eigenvalue weighted by Gasteiger charge is 2.03. The summed E-state index contributed by atoms with van der Waals surface area (Å²) >= 11 is 0. The Morgan fingerprint density at radius 3 is 2.88 bits per heavy atom. The van der Waals surface area contributed by atoms with Crippen LogP contribution in [0.5, 0.6) is 0 Å². The van der Waals surface area contributed by atoms with Gasteiger partial charge in [-0.05, 0) is 12.1 Å². The predicted octanol–water partition coefficient (Wildman–Crippen LogP) is 2.02. The Labute approximate surface area is 95.3 Å². The quantitative estimate of drug-likeness (QED) is 0.836. The molecule has 2 aromatic rings. The van der Waals surface area contributed by atoms with Crippen LogP contribution in [-0.4, -0.2) is 15.6 Å². The number of nitrogens with one attached hydrogen (secondary N) is 1. The van der Waals surface area contributed by atoms with E-state index in [2.05, 4.69) is 24.1 Å². The van der Waals surface area contributed by atoms with Gasteiger partial charge in [0.15, 0.2) is 0 Å². The van der Waals surface area contributed by atoms with Crippen LogP contribution in [0.4, 0.5) is 0 Å². The Kier molecular flexibility index (Phi) is 3.41. The van der Waals surface area contributed by atoms with E-state index in [0.29, 0.717) is 6.04 Å². The van der Waals surface area contributed by atoms with E-state index in [4.69, 9.17) is 4.42 Å². The topological polar surface area (TPSA) is 43.0 Å². The molecule has 0 unspecified atom stereocenters. The second-order valence-electron chi connectivity index (χ2n) is 4.14. The Morgan fingerprint density at radius 1 is 1.38 bits per heavy atom. The molecule has 0 atom stereocenters. The van der Waals surface area contributed by atoms with Crippen molar-refractivity contribution in [2.75, 3.05) is 0 Å². The fourth-order valence-corrected chi connectivity index (χ4v) is 1.47. The van der Waals surface area contributed by atoms with Crippen molar-refractivity contribution in [2.24, 2.45) is 0 Å². The molecule has 86 valence electrons. The number of furan rings is 1. The Balaban J connectivity index is 1.92. The highest BCUT2D eigenvalue weighted by Crippen LogP contribution is 2.09. The molecule has 0 saturated heterocycles. The summed E-state index contributed by atoms with van der Waals surface area (Å²) in [5.74, 6) is 1.93. The molecule has 0 aliphatic rings. The van der Waals surface area contributed by atoms with E-state index in [1.807, 2.05) is 22.9 Å². The fraction of sp³-hybridized carbons (Fsp3) is 0.417. The van der Waals surface area contributed by atoms with Crippen LogP contribution in [-0.2, 0) is 13.1 Å². The maximum absolute atomic E-state index is 5.70. The second kappa shape index (κ2) is 4.99. The monoisotopic (exact) mass is 219 g/mol. The minimum absolute atomic E-state index is 0.474. The van der Waals surface area contributed by atoms with E-state index in [-0.39, 0.29) is 0 Å². The van der Waals surface area contributed by atoms with E-state index in [1.54, 1.807) is 12.5 Å². The normalized spacial score (nSPS) is 11.2. The maximum Gasteiger partial charge on any atom is 0.123 e. The lowest BCUT2D eigenvalue weighted by Crippen LogP contribution is -2.21. The molecule has 0 bridgehead atoms. The molecule has 0 aliphatic heterocycles. The average Bonchev–Trinajstić information content (AvgIpc) is 2.87. The van der Waals surface area contributed by atoms with Gasteiger partial charge in [0.1, 0.15) is 11.5 Å². The van der Waals surface area contributed by atoms with E-state index in [1.165, 1.54) is 0 Å². The van der Waals surface area contributed by atoms with Crippen molar-refractivity contribution >= 4 is 0 Å². The van der Waals surface area contributed by atoms with Gasteiger partial charge in [0.25, 0.3) is 0 Å². The van der Waals surface area contributed by atoms with Crippen molar-refractivity contribution in [3.63, 3.8) is 0 Å². The van der Waals surface area contributed by atoms with Gasteiger partial charge in [-0.15, -0.1) is 0 Å². The first kappa shape index (κ1) is 11.0. The number of aromatic nitrogens is 2. The van der Waals surface area contributed by atoms with Gasteiger partial charge in [-0.3, -0.25) is 0 Å². The van der Waals surface area contributed by atoms with Crippen LogP contribution < -0.4 is 5.32 Å². The molecule has 4 heteroatoms. The number of rotatable bonds is 5. The van der Waals surface area contributed by atoms with Crippen LogP contribution in [0, 0.1) is 0 Å². The van der Waals surface area contributed by atoms with Gasteiger partial charge in [0.05, 0.1) is 19.4 Å². The molecule has 0 radical (unpaired) electrons. The van der Waals surface area contributed by atoms with Crippen LogP contribution >= 0.6 is 0 Å². The molecule has 2 rings (SSSR count). The minimum atomic E-state index is 0.474. The largest absolute Gasteiger partial charge is 0.463 e. The Hall–Kier alpha value is -1.55. The minimum Gasteiger partial charge on any atom is -0.463 e. The van der Waals surface area contributed by atoms with Gasteiger partial charge in [-0.25, -0.2) is 4.98 Å². The highest BCUT2D eigenvalue weighted by atomic mass is 16.3. The van der Waals surface area contributed by atoms with Gasteiger partial charge >= 0.3 is 0 Å². The fourth-order valence-electron chi connectivity index (χ4n) is 1.47. The Morgan fingerprint density at radius 2 is 2.19 bits per heavy atom. The molecule has 2 heterocycles. The molecule has 0 fully saturated rings. The van der Waals surface area contributed by atoms with Crippen LogP contribution in [0.25, 0.3) is 0 Å².